The van der Waals surface area contributed by atoms with E-state index in [9.17, 15) is 0 Å². The van der Waals surface area contributed by atoms with Gasteiger partial charge in [0.15, 0.2) is 0 Å². The fourth-order valence-corrected chi connectivity index (χ4v) is 5.14. The zero-order valence-corrected chi connectivity index (χ0v) is 27.6. The van der Waals surface area contributed by atoms with Gasteiger partial charge in [-0.3, -0.25) is 0 Å². The summed E-state index contributed by atoms with van der Waals surface area (Å²) in [5, 5.41) is 0. The lowest BCUT2D eigenvalue weighted by molar-refractivity contribution is 1.12. The van der Waals surface area contributed by atoms with Crippen molar-refractivity contribution in [3.8, 4) is 0 Å². The summed E-state index contributed by atoms with van der Waals surface area (Å²) < 4.78 is 0. The molecule has 0 aliphatic carbocycles. The second-order valence-electron chi connectivity index (χ2n) is 11.5. The van der Waals surface area contributed by atoms with Crippen LogP contribution in [0.5, 0.6) is 0 Å². The number of hydrogen-bond donors (Lipinski definition) is 0. The molecule has 0 atom stereocenters. The first kappa shape index (κ1) is 32.3. The van der Waals surface area contributed by atoms with Gasteiger partial charge in [0, 0.05) is 0 Å². The molecular formula is C44H44N2. The summed E-state index contributed by atoms with van der Waals surface area (Å²) in [6, 6.07) is 34.8. The maximum absolute atomic E-state index is 5.21. The Morgan fingerprint density at radius 3 is 0.674 bits per heavy atom. The Morgan fingerprint density at radius 1 is 0.304 bits per heavy atom. The van der Waals surface area contributed by atoms with Gasteiger partial charge >= 0.3 is 0 Å². The molecule has 0 amide bonds. The van der Waals surface area contributed by atoms with E-state index in [0.717, 1.165) is 70.7 Å². The highest BCUT2D eigenvalue weighted by Crippen LogP contribution is 2.21. The van der Waals surface area contributed by atoms with Gasteiger partial charge in [0.1, 0.15) is 0 Å². The molecular weight excluding hydrogens is 556 g/mol. The van der Waals surface area contributed by atoms with Gasteiger partial charge in [-0.2, -0.15) is 0 Å². The molecule has 2 nitrogen and oxygen atoms in total. The van der Waals surface area contributed by atoms with Crippen molar-refractivity contribution in [3.63, 3.8) is 0 Å². The number of hydrogen-bond acceptors (Lipinski definition) is 2. The van der Waals surface area contributed by atoms with Crippen LogP contribution in [0.2, 0.25) is 0 Å². The van der Waals surface area contributed by atoms with Crippen molar-refractivity contribution in [2.75, 3.05) is 0 Å². The number of nitrogens with zero attached hydrogens (tertiary/aromatic N) is 2. The lowest BCUT2D eigenvalue weighted by atomic mass is 10.1. The molecule has 0 spiro atoms. The molecule has 1 aromatic heterocycles. The van der Waals surface area contributed by atoms with Crippen molar-refractivity contribution in [1.82, 2.24) is 9.97 Å². The van der Waals surface area contributed by atoms with Crippen LogP contribution in [0.1, 0.15) is 95.0 Å². The van der Waals surface area contributed by atoms with E-state index in [-0.39, 0.29) is 0 Å². The molecule has 0 unspecified atom stereocenters. The summed E-state index contributed by atoms with van der Waals surface area (Å²) in [5.41, 5.74) is 13.2. The van der Waals surface area contributed by atoms with Crippen LogP contribution in [0.15, 0.2) is 97.1 Å². The van der Waals surface area contributed by atoms with Crippen LogP contribution in [0, 0.1) is 0 Å². The van der Waals surface area contributed by atoms with E-state index < -0.39 is 0 Å². The van der Waals surface area contributed by atoms with Crippen LogP contribution in [-0.4, -0.2) is 9.97 Å². The highest BCUT2D eigenvalue weighted by molar-refractivity contribution is 5.81. The number of benzene rings is 4. The Bertz CT molecular complexity index is 1550. The number of aromatic nitrogens is 2. The van der Waals surface area contributed by atoms with Crippen LogP contribution in [0.3, 0.4) is 0 Å². The summed E-state index contributed by atoms with van der Waals surface area (Å²) in [5.74, 6) is 0. The van der Waals surface area contributed by atoms with Crippen molar-refractivity contribution in [3.05, 3.63) is 164 Å². The third-order valence-electron chi connectivity index (χ3n) is 8.29. The van der Waals surface area contributed by atoms with Crippen molar-refractivity contribution < 1.29 is 0 Å². The fourth-order valence-electron chi connectivity index (χ4n) is 5.14. The van der Waals surface area contributed by atoms with Gasteiger partial charge in [-0.1, -0.05) is 149 Å². The molecule has 0 aliphatic heterocycles. The molecule has 5 aromatic rings. The summed E-state index contributed by atoms with van der Waals surface area (Å²) in [7, 11) is 0. The van der Waals surface area contributed by atoms with Gasteiger partial charge in [-0.15, -0.1) is 0 Å². The molecule has 2 heteroatoms. The van der Waals surface area contributed by atoms with Crippen LogP contribution in [0.4, 0.5) is 0 Å². The number of rotatable bonds is 12. The monoisotopic (exact) mass is 600 g/mol. The summed E-state index contributed by atoms with van der Waals surface area (Å²) in [4.78, 5) is 10.4. The fraction of sp³-hybridized carbons (Fsp3) is 0.182. The Morgan fingerprint density at radius 2 is 0.500 bits per heavy atom. The standard InChI is InChI=1S/C44H44N2/c1-5-33-9-17-37(18-10-33)25-29-41-42(30-26-38-19-11-34(6-2)12-20-38)46-44(32-28-40-23-15-36(8-4)16-24-40)43(45-41)31-27-39-21-13-35(7-3)14-22-39/h9-32H,5-8H2,1-4H3/b29-25+,30-26+,31-27+,32-28+. The first-order valence-corrected chi connectivity index (χ1v) is 16.6. The third-order valence-corrected chi connectivity index (χ3v) is 8.29. The summed E-state index contributed by atoms with van der Waals surface area (Å²) in [6.45, 7) is 8.72. The van der Waals surface area contributed by atoms with Gasteiger partial charge in [0.25, 0.3) is 0 Å². The third kappa shape index (κ3) is 8.99. The molecule has 0 saturated carbocycles. The molecule has 5 rings (SSSR count). The molecule has 0 saturated heterocycles. The molecule has 0 radical (unpaired) electrons. The molecule has 0 N–H and O–H groups in total. The van der Waals surface area contributed by atoms with Gasteiger partial charge in [-0.05, 0) is 94.5 Å². The zero-order valence-electron chi connectivity index (χ0n) is 27.6. The first-order chi connectivity index (χ1) is 22.6. The molecule has 46 heavy (non-hydrogen) atoms. The van der Waals surface area contributed by atoms with E-state index >= 15 is 0 Å². The smallest absolute Gasteiger partial charge is 0.0894 e. The lowest BCUT2D eigenvalue weighted by Gasteiger charge is -2.08. The number of aryl methyl sites for hydroxylation is 4. The minimum absolute atomic E-state index is 0.825. The average Bonchev–Trinajstić information content (AvgIpc) is 3.12. The van der Waals surface area contributed by atoms with Crippen molar-refractivity contribution in [2.45, 2.75) is 53.4 Å². The van der Waals surface area contributed by atoms with E-state index in [4.69, 9.17) is 9.97 Å². The maximum atomic E-state index is 5.21. The second-order valence-corrected chi connectivity index (χ2v) is 11.5. The highest BCUT2D eigenvalue weighted by atomic mass is 14.8. The SMILES string of the molecule is CCc1ccc(/C=C/c2nc(/C=C/c3ccc(CC)cc3)c(/C=C/c3ccc(CC)cc3)nc2/C=C/c2ccc(CC)cc2)cc1. The van der Waals surface area contributed by atoms with E-state index in [2.05, 4.69) is 173 Å². The topological polar surface area (TPSA) is 25.8 Å². The zero-order chi connectivity index (χ0) is 32.1. The largest absolute Gasteiger partial charge is 0.245 e. The molecule has 0 bridgehead atoms. The van der Waals surface area contributed by atoms with Crippen LogP contribution in [0.25, 0.3) is 48.6 Å². The molecule has 0 aliphatic rings. The Hall–Kier alpha value is -5.08. The second kappa shape index (κ2) is 16.3. The van der Waals surface area contributed by atoms with Gasteiger partial charge < -0.3 is 0 Å². The molecule has 0 fully saturated rings. The Kier molecular flexibility index (Phi) is 11.4. The predicted molar refractivity (Wildman–Crippen MR) is 201 cm³/mol. The highest BCUT2D eigenvalue weighted by Gasteiger charge is 2.09. The van der Waals surface area contributed by atoms with Crippen molar-refractivity contribution >= 4 is 48.6 Å². The summed E-state index contributed by atoms with van der Waals surface area (Å²) in [6.07, 6.45) is 20.9. The minimum Gasteiger partial charge on any atom is -0.245 e. The quantitative estimate of drug-likeness (QED) is 0.142. The van der Waals surface area contributed by atoms with E-state index in [1.54, 1.807) is 0 Å². The van der Waals surface area contributed by atoms with Gasteiger partial charge in [0.2, 0.25) is 0 Å². The van der Waals surface area contributed by atoms with Gasteiger partial charge in [0.05, 0.1) is 22.8 Å². The predicted octanol–water partition coefficient (Wildman–Crippen LogP) is 11.4. The molecule has 230 valence electrons. The van der Waals surface area contributed by atoms with E-state index in [1.807, 2.05) is 0 Å². The Labute approximate surface area is 275 Å². The van der Waals surface area contributed by atoms with E-state index in [0.29, 0.717) is 0 Å². The normalized spacial score (nSPS) is 11.9. The van der Waals surface area contributed by atoms with E-state index in [1.165, 1.54) is 22.3 Å². The minimum atomic E-state index is 0.825. The Balaban J connectivity index is 1.58. The average molecular weight is 601 g/mol. The molecule has 1 heterocycles. The van der Waals surface area contributed by atoms with Crippen LogP contribution < -0.4 is 0 Å². The maximum Gasteiger partial charge on any atom is 0.0894 e. The lowest BCUT2D eigenvalue weighted by Crippen LogP contribution is -2.00. The van der Waals surface area contributed by atoms with Crippen LogP contribution in [-0.2, 0) is 25.7 Å². The van der Waals surface area contributed by atoms with Gasteiger partial charge in [-0.25, -0.2) is 9.97 Å². The van der Waals surface area contributed by atoms with Crippen molar-refractivity contribution in [2.24, 2.45) is 0 Å². The van der Waals surface area contributed by atoms with Crippen LogP contribution >= 0.6 is 0 Å². The first-order valence-electron chi connectivity index (χ1n) is 16.6. The summed E-state index contributed by atoms with van der Waals surface area (Å²) >= 11 is 0. The van der Waals surface area contributed by atoms with Crippen molar-refractivity contribution in [1.29, 1.82) is 0 Å². The molecule has 4 aromatic carbocycles.